The van der Waals surface area contributed by atoms with Crippen LogP contribution in [-0.4, -0.2) is 20.6 Å². The van der Waals surface area contributed by atoms with Gasteiger partial charge in [-0.05, 0) is 53.6 Å². The third kappa shape index (κ3) is 2.93. The Bertz CT molecular complexity index is 956. The third-order valence-electron chi connectivity index (χ3n) is 3.51. The number of fused-ring (bicyclic) bond motifs is 1. The summed E-state index contributed by atoms with van der Waals surface area (Å²) in [5, 5.41) is 13.0. The molecule has 2 heterocycles. The molecular weight excluding hydrogens is 312 g/mol. The predicted octanol–water partition coefficient (Wildman–Crippen LogP) is 3.35. The summed E-state index contributed by atoms with van der Waals surface area (Å²) in [6.07, 6.45) is 3.50. The van der Waals surface area contributed by atoms with E-state index in [1.165, 1.54) is 12.1 Å². The third-order valence-corrected chi connectivity index (χ3v) is 4.21. The molecule has 2 aromatic heterocycles. The molecule has 0 aliphatic rings. The maximum Gasteiger partial charge on any atom is 0.335 e. The van der Waals surface area contributed by atoms with Crippen LogP contribution < -0.4 is 5.56 Å². The second-order valence-corrected chi connectivity index (χ2v) is 5.73. The van der Waals surface area contributed by atoms with E-state index in [0.29, 0.717) is 23.3 Å². The zero-order chi connectivity index (χ0) is 16.4. The topological polar surface area (TPSA) is 72.2 Å². The van der Waals surface area contributed by atoms with Gasteiger partial charge in [0.2, 0.25) is 0 Å². The molecule has 3 rings (SSSR count). The lowest BCUT2D eigenvalue weighted by Crippen LogP contribution is -2.23. The molecule has 0 fully saturated rings. The lowest BCUT2D eigenvalue weighted by Gasteiger charge is -2.09. The van der Waals surface area contributed by atoms with Crippen molar-refractivity contribution >= 4 is 40.5 Å². The van der Waals surface area contributed by atoms with Gasteiger partial charge in [0.15, 0.2) is 0 Å². The highest BCUT2D eigenvalue weighted by Crippen LogP contribution is 2.15. The van der Waals surface area contributed by atoms with Crippen LogP contribution in [0.25, 0.3) is 23.2 Å². The smallest absolute Gasteiger partial charge is 0.335 e. The molecule has 0 amide bonds. The molecule has 0 aliphatic carbocycles. The van der Waals surface area contributed by atoms with E-state index in [2.05, 4.69) is 4.98 Å². The van der Waals surface area contributed by atoms with Gasteiger partial charge in [0.05, 0.1) is 16.6 Å². The average molecular weight is 326 g/mol. The number of carbonyl (C=O) groups is 1. The molecule has 6 heteroatoms. The van der Waals surface area contributed by atoms with Crippen molar-refractivity contribution in [2.75, 3.05) is 0 Å². The maximum atomic E-state index is 12.5. The summed E-state index contributed by atoms with van der Waals surface area (Å²) in [6, 6.07) is 6.55. The van der Waals surface area contributed by atoms with Gasteiger partial charge in [-0.1, -0.05) is 6.08 Å². The van der Waals surface area contributed by atoms with E-state index in [0.717, 1.165) is 5.56 Å². The van der Waals surface area contributed by atoms with Crippen LogP contribution in [0.1, 0.15) is 28.5 Å². The minimum atomic E-state index is -1.02. The van der Waals surface area contributed by atoms with Crippen LogP contribution in [0.2, 0.25) is 0 Å². The van der Waals surface area contributed by atoms with Crippen LogP contribution in [0, 0.1) is 0 Å². The van der Waals surface area contributed by atoms with Crippen molar-refractivity contribution < 1.29 is 9.90 Å². The standard InChI is InChI=1S/C17H14N2O3S/c1-2-19-15-6-4-12(17(21)22)9-14(15)18-13(16(19)20)5-3-11-7-8-23-10-11/h3-10H,2H2,1H3,(H,21,22)/b5-3+. The fourth-order valence-corrected chi connectivity index (χ4v) is 3.00. The zero-order valence-corrected chi connectivity index (χ0v) is 13.2. The first-order chi connectivity index (χ1) is 11.1. The Morgan fingerprint density at radius 2 is 2.17 bits per heavy atom. The minimum Gasteiger partial charge on any atom is -0.478 e. The van der Waals surface area contributed by atoms with Gasteiger partial charge >= 0.3 is 5.97 Å². The average Bonchev–Trinajstić information content (AvgIpc) is 3.06. The molecule has 0 unspecified atom stereocenters. The number of carboxylic acids is 1. The second kappa shape index (κ2) is 6.18. The quantitative estimate of drug-likeness (QED) is 0.798. The number of rotatable bonds is 4. The number of hydrogen-bond acceptors (Lipinski definition) is 4. The summed E-state index contributed by atoms with van der Waals surface area (Å²) in [7, 11) is 0. The number of nitrogens with zero attached hydrogens (tertiary/aromatic N) is 2. The number of thiophene rings is 1. The van der Waals surface area contributed by atoms with Crippen molar-refractivity contribution in [3.8, 4) is 0 Å². The summed E-state index contributed by atoms with van der Waals surface area (Å²) in [4.78, 5) is 28.0. The van der Waals surface area contributed by atoms with Crippen molar-refractivity contribution in [1.29, 1.82) is 0 Å². The van der Waals surface area contributed by atoms with Gasteiger partial charge in [0, 0.05) is 6.54 Å². The van der Waals surface area contributed by atoms with Crippen molar-refractivity contribution in [3.05, 3.63) is 62.2 Å². The largest absolute Gasteiger partial charge is 0.478 e. The molecule has 1 N–H and O–H groups in total. The molecule has 0 spiro atoms. The number of aromatic nitrogens is 2. The van der Waals surface area contributed by atoms with E-state index in [-0.39, 0.29) is 11.1 Å². The number of aromatic carboxylic acids is 1. The second-order valence-electron chi connectivity index (χ2n) is 4.95. The number of aryl methyl sites for hydroxylation is 1. The molecule has 116 valence electrons. The summed E-state index contributed by atoms with van der Waals surface area (Å²) >= 11 is 1.57. The van der Waals surface area contributed by atoms with Crippen LogP contribution in [0.5, 0.6) is 0 Å². The van der Waals surface area contributed by atoms with Gasteiger partial charge in [-0.25, -0.2) is 9.78 Å². The molecule has 0 bridgehead atoms. The molecule has 1 aromatic carbocycles. The molecule has 3 aromatic rings. The fraction of sp³-hybridized carbons (Fsp3) is 0.118. The van der Waals surface area contributed by atoms with Gasteiger partial charge in [0.25, 0.3) is 5.56 Å². The Labute approximate surface area is 136 Å². The molecule has 0 aliphatic heterocycles. The summed E-state index contributed by atoms with van der Waals surface area (Å²) in [6.45, 7) is 2.36. The van der Waals surface area contributed by atoms with E-state index in [1.54, 1.807) is 28.0 Å². The predicted molar refractivity (Wildman–Crippen MR) is 91.9 cm³/mol. The highest BCUT2D eigenvalue weighted by molar-refractivity contribution is 7.08. The van der Waals surface area contributed by atoms with E-state index in [9.17, 15) is 9.59 Å². The van der Waals surface area contributed by atoms with Gasteiger partial charge in [-0.2, -0.15) is 11.3 Å². The molecular formula is C17H14N2O3S. The summed E-state index contributed by atoms with van der Waals surface area (Å²) < 4.78 is 1.60. The van der Waals surface area contributed by atoms with Gasteiger partial charge < -0.3 is 9.67 Å². The number of hydrogen-bond donors (Lipinski definition) is 1. The van der Waals surface area contributed by atoms with E-state index in [4.69, 9.17) is 5.11 Å². The highest BCUT2D eigenvalue weighted by atomic mass is 32.1. The van der Waals surface area contributed by atoms with Gasteiger partial charge in [0.1, 0.15) is 5.69 Å². The van der Waals surface area contributed by atoms with Crippen LogP contribution in [-0.2, 0) is 6.54 Å². The molecule has 0 saturated heterocycles. The number of carboxylic acid groups (broad SMARTS) is 1. The van der Waals surface area contributed by atoms with Crippen LogP contribution in [0.3, 0.4) is 0 Å². The first kappa shape index (κ1) is 15.2. The Balaban J connectivity index is 2.19. The zero-order valence-electron chi connectivity index (χ0n) is 12.4. The Morgan fingerprint density at radius 3 is 2.83 bits per heavy atom. The lowest BCUT2D eigenvalue weighted by molar-refractivity contribution is 0.0697. The van der Waals surface area contributed by atoms with Crippen molar-refractivity contribution in [2.24, 2.45) is 0 Å². The van der Waals surface area contributed by atoms with Crippen molar-refractivity contribution in [3.63, 3.8) is 0 Å². The first-order valence-electron chi connectivity index (χ1n) is 7.08. The van der Waals surface area contributed by atoms with Gasteiger partial charge in [-0.3, -0.25) is 4.79 Å². The minimum absolute atomic E-state index is 0.152. The molecule has 0 radical (unpaired) electrons. The van der Waals surface area contributed by atoms with E-state index in [1.807, 2.05) is 29.8 Å². The lowest BCUT2D eigenvalue weighted by atomic mass is 10.2. The van der Waals surface area contributed by atoms with E-state index < -0.39 is 5.97 Å². The molecule has 0 saturated carbocycles. The monoisotopic (exact) mass is 326 g/mol. The summed E-state index contributed by atoms with van der Waals surface area (Å²) in [5.74, 6) is -1.02. The summed E-state index contributed by atoms with van der Waals surface area (Å²) in [5.41, 5.74) is 2.40. The van der Waals surface area contributed by atoms with Crippen LogP contribution in [0.4, 0.5) is 0 Å². The van der Waals surface area contributed by atoms with Crippen molar-refractivity contribution in [1.82, 2.24) is 9.55 Å². The Hall–Kier alpha value is -2.73. The van der Waals surface area contributed by atoms with E-state index >= 15 is 0 Å². The van der Waals surface area contributed by atoms with Crippen LogP contribution >= 0.6 is 11.3 Å². The Morgan fingerprint density at radius 1 is 1.35 bits per heavy atom. The van der Waals surface area contributed by atoms with Crippen molar-refractivity contribution in [2.45, 2.75) is 13.5 Å². The molecule has 0 atom stereocenters. The SMILES string of the molecule is CCn1c(=O)c(/C=C/c2ccsc2)nc2cc(C(=O)O)ccc21. The first-order valence-corrected chi connectivity index (χ1v) is 8.02. The number of benzene rings is 1. The van der Waals surface area contributed by atoms with Gasteiger partial charge in [-0.15, -0.1) is 0 Å². The molecule has 5 nitrogen and oxygen atoms in total. The highest BCUT2D eigenvalue weighted by Gasteiger charge is 2.11. The molecule has 23 heavy (non-hydrogen) atoms. The fourth-order valence-electron chi connectivity index (χ4n) is 2.37. The normalized spacial score (nSPS) is 11.3. The van der Waals surface area contributed by atoms with Crippen LogP contribution in [0.15, 0.2) is 39.8 Å². The Kier molecular flexibility index (Phi) is 4.08. The maximum absolute atomic E-state index is 12.5.